The van der Waals surface area contributed by atoms with E-state index in [1.54, 1.807) is 0 Å². The van der Waals surface area contributed by atoms with Crippen molar-refractivity contribution in [2.75, 3.05) is 24.6 Å². The SMILES string of the molecule is CCCCCCCCCCP(CC)(CC)(CC)OC(=O)c1c(F)c(F)c(F)c(F)c1F. The van der Waals surface area contributed by atoms with Crippen molar-refractivity contribution in [2.45, 2.75) is 79.1 Å². The molecular weight excluding hydrogens is 434 g/mol. The predicted octanol–water partition coefficient (Wildman–Crippen LogP) is 8.21. The Bertz CT molecular complexity index is 710. The molecule has 0 fully saturated rings. The molecule has 1 aromatic carbocycles. The molecule has 1 rings (SSSR count). The van der Waals surface area contributed by atoms with Crippen molar-refractivity contribution >= 4 is 12.8 Å². The van der Waals surface area contributed by atoms with E-state index in [1.807, 2.05) is 20.8 Å². The fraction of sp³-hybridized carbons (Fsp3) is 0.696. The van der Waals surface area contributed by atoms with Crippen molar-refractivity contribution in [1.82, 2.24) is 0 Å². The van der Waals surface area contributed by atoms with Crippen LogP contribution in [0.4, 0.5) is 22.0 Å². The van der Waals surface area contributed by atoms with Gasteiger partial charge < -0.3 is 0 Å². The number of hydrogen-bond acceptors (Lipinski definition) is 2. The van der Waals surface area contributed by atoms with Crippen LogP contribution in [0.5, 0.6) is 0 Å². The molecule has 0 saturated heterocycles. The Hall–Kier alpha value is -1.23. The van der Waals surface area contributed by atoms with E-state index in [0.717, 1.165) is 25.7 Å². The van der Waals surface area contributed by atoms with E-state index in [0.29, 0.717) is 24.6 Å². The Morgan fingerprint density at radius 3 is 1.45 bits per heavy atom. The number of carbonyl (C=O) groups excluding carboxylic acids is 1. The van der Waals surface area contributed by atoms with E-state index in [1.165, 1.54) is 25.7 Å². The topological polar surface area (TPSA) is 26.3 Å². The molecule has 0 atom stereocenters. The summed E-state index contributed by atoms with van der Waals surface area (Å²) in [6, 6.07) is 0. The quantitative estimate of drug-likeness (QED) is 0.0900. The molecular formula is C23H36F5O2P. The Labute approximate surface area is 182 Å². The van der Waals surface area contributed by atoms with Crippen molar-refractivity contribution in [3.05, 3.63) is 34.6 Å². The number of unbranched alkanes of at least 4 members (excludes halogenated alkanes) is 7. The minimum absolute atomic E-state index is 0.496. The molecule has 0 unspecified atom stereocenters. The van der Waals surface area contributed by atoms with Crippen LogP contribution in [0.25, 0.3) is 0 Å². The number of benzene rings is 1. The average molecular weight is 471 g/mol. The van der Waals surface area contributed by atoms with Gasteiger partial charge in [0.25, 0.3) is 0 Å². The first kappa shape index (κ1) is 27.8. The number of halogens is 5. The standard InChI is InChI=1S/C23H36F5O2P/c1-5-9-10-11-12-13-14-15-16-31(6-2,7-3,8-4)30-23(29)17-18(24)20(26)22(28)21(27)19(17)25/h5-16H2,1-4H3. The first-order valence-electron chi connectivity index (χ1n) is 11.4. The van der Waals surface area contributed by atoms with E-state index in [2.05, 4.69) is 6.92 Å². The fourth-order valence-corrected chi connectivity index (χ4v) is 8.45. The van der Waals surface area contributed by atoms with E-state index in [9.17, 15) is 26.7 Å². The van der Waals surface area contributed by atoms with Gasteiger partial charge in [0.2, 0.25) is 0 Å². The fourth-order valence-electron chi connectivity index (χ4n) is 4.09. The molecule has 31 heavy (non-hydrogen) atoms. The molecule has 0 heterocycles. The zero-order valence-corrected chi connectivity index (χ0v) is 20.0. The third kappa shape index (κ3) is 6.40. The predicted molar refractivity (Wildman–Crippen MR) is 118 cm³/mol. The van der Waals surface area contributed by atoms with Gasteiger partial charge in [0.15, 0.2) is 0 Å². The molecule has 8 heteroatoms. The molecule has 0 aromatic heterocycles. The monoisotopic (exact) mass is 470 g/mol. The Morgan fingerprint density at radius 1 is 0.645 bits per heavy atom. The maximum absolute atomic E-state index is 14.1. The number of rotatable bonds is 14. The summed E-state index contributed by atoms with van der Waals surface area (Å²) in [6.07, 6.45) is 10.8. The van der Waals surface area contributed by atoms with Crippen LogP contribution in [0.2, 0.25) is 0 Å². The Morgan fingerprint density at radius 2 is 1.03 bits per heavy atom. The van der Waals surface area contributed by atoms with Gasteiger partial charge in [-0.05, 0) is 0 Å². The summed E-state index contributed by atoms with van der Waals surface area (Å²) in [5.74, 6) is -12.3. The van der Waals surface area contributed by atoms with Crippen LogP contribution < -0.4 is 0 Å². The van der Waals surface area contributed by atoms with Gasteiger partial charge in [-0.25, -0.2) is 0 Å². The normalized spacial score (nSPS) is 13.1. The molecule has 180 valence electrons. The zero-order valence-electron chi connectivity index (χ0n) is 19.1. The third-order valence-corrected chi connectivity index (χ3v) is 13.7. The summed E-state index contributed by atoms with van der Waals surface area (Å²) >= 11 is 0. The Balaban J connectivity index is 3.01. The average Bonchev–Trinajstić information content (AvgIpc) is 2.77. The third-order valence-electron chi connectivity index (χ3n) is 6.73. The molecule has 0 saturated carbocycles. The molecule has 0 amide bonds. The molecule has 0 aliphatic carbocycles. The van der Waals surface area contributed by atoms with Gasteiger partial charge in [-0.2, -0.15) is 0 Å². The second-order valence-corrected chi connectivity index (χ2v) is 14.6. The number of hydrogen-bond donors (Lipinski definition) is 0. The van der Waals surface area contributed by atoms with Gasteiger partial charge in [-0.1, -0.05) is 0 Å². The van der Waals surface area contributed by atoms with Crippen molar-refractivity contribution < 1.29 is 31.3 Å². The van der Waals surface area contributed by atoms with Crippen molar-refractivity contribution in [2.24, 2.45) is 0 Å². The van der Waals surface area contributed by atoms with E-state index in [4.69, 9.17) is 4.52 Å². The van der Waals surface area contributed by atoms with Crippen LogP contribution in [0.3, 0.4) is 0 Å². The summed E-state index contributed by atoms with van der Waals surface area (Å²) < 4.78 is 74.6. The van der Waals surface area contributed by atoms with Gasteiger partial charge in [0.05, 0.1) is 0 Å². The van der Waals surface area contributed by atoms with Crippen LogP contribution in [-0.4, -0.2) is 30.6 Å². The van der Waals surface area contributed by atoms with Gasteiger partial charge in [-0.15, -0.1) is 0 Å². The molecule has 0 aliphatic rings. The van der Waals surface area contributed by atoms with Gasteiger partial charge >= 0.3 is 182 Å². The van der Waals surface area contributed by atoms with Gasteiger partial charge in [-0.3, -0.25) is 0 Å². The minimum atomic E-state index is -3.20. The second-order valence-electron chi connectivity index (χ2n) is 8.33. The summed E-state index contributed by atoms with van der Waals surface area (Å²) in [5.41, 5.74) is -1.50. The van der Waals surface area contributed by atoms with Crippen LogP contribution >= 0.6 is 6.83 Å². The van der Waals surface area contributed by atoms with E-state index < -0.39 is 47.4 Å². The van der Waals surface area contributed by atoms with Crippen LogP contribution in [0.15, 0.2) is 0 Å². The molecule has 0 radical (unpaired) electrons. The zero-order chi connectivity index (χ0) is 23.7. The van der Waals surface area contributed by atoms with Crippen LogP contribution in [0, 0.1) is 29.1 Å². The summed E-state index contributed by atoms with van der Waals surface area (Å²) in [4.78, 5) is 12.7. The molecule has 2 nitrogen and oxygen atoms in total. The second kappa shape index (κ2) is 12.1. The Kier molecular flexibility index (Phi) is 10.9. The van der Waals surface area contributed by atoms with E-state index >= 15 is 0 Å². The van der Waals surface area contributed by atoms with Crippen LogP contribution in [-0.2, 0) is 4.52 Å². The first-order chi connectivity index (χ1) is 14.6. The van der Waals surface area contributed by atoms with Crippen molar-refractivity contribution in [3.63, 3.8) is 0 Å². The number of carbonyl (C=O) groups is 1. The molecule has 0 spiro atoms. The molecule has 0 aliphatic heterocycles. The van der Waals surface area contributed by atoms with Crippen LogP contribution in [0.1, 0.15) is 89.4 Å². The van der Waals surface area contributed by atoms with Gasteiger partial charge in [0.1, 0.15) is 0 Å². The van der Waals surface area contributed by atoms with Crippen molar-refractivity contribution in [3.8, 4) is 0 Å². The van der Waals surface area contributed by atoms with Gasteiger partial charge in [0, 0.05) is 0 Å². The molecule has 0 N–H and O–H groups in total. The summed E-state index contributed by atoms with van der Waals surface area (Å²) in [6.45, 7) is 4.55. The van der Waals surface area contributed by atoms with E-state index in [-0.39, 0.29) is 0 Å². The molecule has 1 aromatic rings. The first-order valence-corrected chi connectivity index (χ1v) is 14.3. The summed E-state index contributed by atoms with van der Waals surface area (Å²) in [5, 5.41) is 0. The molecule has 0 bridgehead atoms. The summed E-state index contributed by atoms with van der Waals surface area (Å²) in [7, 11) is 0. The maximum atomic E-state index is 14.1. The van der Waals surface area contributed by atoms with Crippen molar-refractivity contribution in [1.29, 1.82) is 0 Å².